The lowest BCUT2D eigenvalue weighted by molar-refractivity contribution is -0.142. The third kappa shape index (κ3) is 1.91. The van der Waals surface area contributed by atoms with Crippen molar-refractivity contribution in [2.75, 3.05) is 0 Å². The van der Waals surface area contributed by atoms with Crippen LogP contribution < -0.4 is 0 Å². The summed E-state index contributed by atoms with van der Waals surface area (Å²) >= 11 is 1.25. The minimum atomic E-state index is -3.53. The Morgan fingerprint density at radius 3 is 2.68 bits per heavy atom. The Hall–Kier alpha value is -0.920. The molecule has 0 saturated carbocycles. The van der Waals surface area contributed by atoms with Crippen LogP contribution in [0.5, 0.6) is 0 Å². The highest BCUT2D eigenvalue weighted by atomic mass is 32.2. The first-order valence-electron chi connectivity index (χ1n) is 6.24. The Morgan fingerprint density at radius 2 is 2.16 bits per heavy atom. The van der Waals surface area contributed by atoms with Crippen molar-refractivity contribution < 1.29 is 18.3 Å². The summed E-state index contributed by atoms with van der Waals surface area (Å²) in [5.74, 6) is -1.43. The van der Waals surface area contributed by atoms with E-state index in [9.17, 15) is 18.3 Å². The number of carboxylic acids is 1. The average Bonchev–Trinajstić information content (AvgIpc) is 3.01. The Kier molecular flexibility index (Phi) is 2.95. The van der Waals surface area contributed by atoms with Crippen molar-refractivity contribution in [3.8, 4) is 0 Å². The van der Waals surface area contributed by atoms with Gasteiger partial charge in [0.25, 0.3) is 10.0 Å². The van der Waals surface area contributed by atoms with Crippen LogP contribution in [-0.4, -0.2) is 35.9 Å². The number of fused-ring (bicyclic) bond motifs is 2. The van der Waals surface area contributed by atoms with Crippen LogP contribution in [0, 0.1) is 12.8 Å². The van der Waals surface area contributed by atoms with Gasteiger partial charge in [-0.25, -0.2) is 8.42 Å². The number of hydrogen-bond acceptors (Lipinski definition) is 4. The number of aliphatic carboxylic acids is 1. The predicted octanol–water partition coefficient (Wildman–Crippen LogP) is 1.68. The smallest absolute Gasteiger partial charge is 0.308 e. The molecule has 3 rings (SSSR count). The van der Waals surface area contributed by atoms with Gasteiger partial charge in [0.15, 0.2) is 0 Å². The number of sulfonamides is 1. The Bertz CT molecular complexity index is 621. The zero-order valence-corrected chi connectivity index (χ0v) is 12.1. The van der Waals surface area contributed by atoms with Gasteiger partial charge in [0.05, 0.1) is 5.92 Å². The second-order valence-electron chi connectivity index (χ2n) is 5.18. The molecule has 3 atom stereocenters. The fourth-order valence-electron chi connectivity index (χ4n) is 3.23. The molecule has 1 N–H and O–H groups in total. The van der Waals surface area contributed by atoms with E-state index in [1.807, 2.05) is 6.92 Å². The molecule has 0 aromatic carbocycles. The highest BCUT2D eigenvalue weighted by Crippen LogP contribution is 2.45. The quantitative estimate of drug-likeness (QED) is 0.922. The standard InChI is InChI=1S/C12H15NO4S2/c1-7-2-5-11(18-7)19(16,17)13-8-3-4-10(13)9(6-8)12(14)15/h2,5,8-10H,3-4,6H2,1H3,(H,14,15). The van der Waals surface area contributed by atoms with E-state index in [1.54, 1.807) is 12.1 Å². The van der Waals surface area contributed by atoms with E-state index < -0.39 is 21.9 Å². The van der Waals surface area contributed by atoms with Gasteiger partial charge < -0.3 is 5.11 Å². The summed E-state index contributed by atoms with van der Waals surface area (Å²) in [5, 5.41) is 9.17. The molecule has 0 radical (unpaired) electrons. The molecule has 0 amide bonds. The van der Waals surface area contributed by atoms with Gasteiger partial charge in [-0.05, 0) is 38.3 Å². The van der Waals surface area contributed by atoms with Crippen LogP contribution in [0.2, 0.25) is 0 Å². The van der Waals surface area contributed by atoms with Crippen LogP contribution in [-0.2, 0) is 14.8 Å². The lowest BCUT2D eigenvalue weighted by Crippen LogP contribution is -2.37. The zero-order valence-electron chi connectivity index (χ0n) is 10.4. The van der Waals surface area contributed by atoms with E-state index in [0.717, 1.165) is 11.3 Å². The summed E-state index contributed by atoms with van der Waals surface area (Å²) in [4.78, 5) is 12.1. The summed E-state index contributed by atoms with van der Waals surface area (Å²) in [7, 11) is -3.53. The topological polar surface area (TPSA) is 74.7 Å². The minimum Gasteiger partial charge on any atom is -0.481 e. The van der Waals surface area contributed by atoms with Crippen molar-refractivity contribution in [1.29, 1.82) is 0 Å². The largest absolute Gasteiger partial charge is 0.481 e. The lowest BCUT2D eigenvalue weighted by atomic mass is 9.89. The van der Waals surface area contributed by atoms with Crippen molar-refractivity contribution in [3.63, 3.8) is 0 Å². The predicted molar refractivity (Wildman–Crippen MR) is 70.6 cm³/mol. The number of aryl methyl sites for hydroxylation is 1. The third-order valence-electron chi connectivity index (χ3n) is 4.04. The average molecular weight is 301 g/mol. The third-order valence-corrected chi connectivity index (χ3v) is 7.48. The molecule has 3 unspecified atom stereocenters. The maximum absolute atomic E-state index is 12.6. The molecule has 104 valence electrons. The molecule has 19 heavy (non-hydrogen) atoms. The fraction of sp³-hybridized carbons (Fsp3) is 0.583. The fourth-order valence-corrected chi connectivity index (χ4v) is 6.54. The van der Waals surface area contributed by atoms with Crippen LogP contribution in [0.15, 0.2) is 16.3 Å². The second-order valence-corrected chi connectivity index (χ2v) is 8.54. The number of rotatable bonds is 3. The summed E-state index contributed by atoms with van der Waals surface area (Å²) < 4.78 is 27.0. The van der Waals surface area contributed by atoms with Gasteiger partial charge in [-0.2, -0.15) is 4.31 Å². The summed E-state index contributed by atoms with van der Waals surface area (Å²) in [5.41, 5.74) is 0. The van der Waals surface area contributed by atoms with Gasteiger partial charge in [0.1, 0.15) is 4.21 Å². The number of thiophene rings is 1. The van der Waals surface area contributed by atoms with E-state index in [2.05, 4.69) is 0 Å². The van der Waals surface area contributed by atoms with Crippen molar-refractivity contribution in [3.05, 3.63) is 17.0 Å². The zero-order chi connectivity index (χ0) is 13.8. The number of carbonyl (C=O) groups is 1. The summed E-state index contributed by atoms with van der Waals surface area (Å²) in [6.45, 7) is 1.86. The first-order chi connectivity index (χ1) is 8.91. The molecule has 7 heteroatoms. The molecule has 1 aromatic heterocycles. The number of hydrogen-bond donors (Lipinski definition) is 1. The van der Waals surface area contributed by atoms with Gasteiger partial charge in [-0.15, -0.1) is 11.3 Å². The van der Waals surface area contributed by atoms with E-state index in [-0.39, 0.29) is 12.1 Å². The number of carboxylic acid groups (broad SMARTS) is 1. The maximum Gasteiger partial charge on any atom is 0.308 e. The molecule has 2 aliphatic heterocycles. The van der Waals surface area contributed by atoms with Crippen LogP contribution in [0.25, 0.3) is 0 Å². The minimum absolute atomic E-state index is 0.140. The van der Waals surface area contributed by atoms with E-state index >= 15 is 0 Å². The highest BCUT2D eigenvalue weighted by molar-refractivity contribution is 7.91. The lowest BCUT2D eigenvalue weighted by Gasteiger charge is -2.21. The van der Waals surface area contributed by atoms with Crippen LogP contribution in [0.4, 0.5) is 0 Å². The van der Waals surface area contributed by atoms with E-state index in [1.165, 1.54) is 15.6 Å². The molecule has 2 saturated heterocycles. The van der Waals surface area contributed by atoms with Crippen molar-refractivity contribution in [2.24, 2.45) is 5.92 Å². The second kappa shape index (κ2) is 4.29. The summed E-state index contributed by atoms with van der Waals surface area (Å²) in [6, 6.07) is 2.89. The molecule has 1 aromatic rings. The van der Waals surface area contributed by atoms with Gasteiger partial charge in [0.2, 0.25) is 0 Å². The maximum atomic E-state index is 12.6. The Morgan fingerprint density at radius 1 is 1.42 bits per heavy atom. The molecular formula is C12H15NO4S2. The van der Waals surface area contributed by atoms with E-state index in [4.69, 9.17) is 0 Å². The van der Waals surface area contributed by atoms with Gasteiger partial charge in [0, 0.05) is 17.0 Å². The van der Waals surface area contributed by atoms with Gasteiger partial charge >= 0.3 is 5.97 Å². The highest BCUT2D eigenvalue weighted by Gasteiger charge is 2.54. The van der Waals surface area contributed by atoms with Gasteiger partial charge in [-0.3, -0.25) is 4.79 Å². The molecule has 0 aliphatic carbocycles. The molecule has 3 heterocycles. The van der Waals surface area contributed by atoms with Crippen LogP contribution in [0.3, 0.4) is 0 Å². The molecule has 5 nitrogen and oxygen atoms in total. The van der Waals surface area contributed by atoms with Crippen molar-refractivity contribution >= 4 is 27.3 Å². The van der Waals surface area contributed by atoms with Crippen molar-refractivity contribution in [2.45, 2.75) is 42.5 Å². The summed E-state index contributed by atoms with van der Waals surface area (Å²) in [6.07, 6.45) is 1.88. The van der Waals surface area contributed by atoms with E-state index in [0.29, 0.717) is 17.1 Å². The normalized spacial score (nSPS) is 30.9. The molecule has 0 spiro atoms. The molecule has 2 bridgehead atoms. The van der Waals surface area contributed by atoms with Gasteiger partial charge in [-0.1, -0.05) is 0 Å². The van der Waals surface area contributed by atoms with Crippen LogP contribution >= 0.6 is 11.3 Å². The Balaban J connectivity index is 1.97. The molecule has 2 fully saturated rings. The SMILES string of the molecule is Cc1ccc(S(=O)(=O)N2C3CCC2C(C(=O)O)C3)s1. The first kappa shape index (κ1) is 13.1. The Labute approximate surface area is 115 Å². The molecular weight excluding hydrogens is 286 g/mol. The van der Waals surface area contributed by atoms with Crippen LogP contribution in [0.1, 0.15) is 24.1 Å². The monoisotopic (exact) mass is 301 g/mol. The first-order valence-corrected chi connectivity index (χ1v) is 8.49. The molecule has 2 aliphatic rings. The van der Waals surface area contributed by atoms with Crippen molar-refractivity contribution in [1.82, 2.24) is 4.31 Å². The number of nitrogens with zero attached hydrogens (tertiary/aromatic N) is 1.